The van der Waals surface area contributed by atoms with E-state index in [9.17, 15) is 4.79 Å². The number of nitrogens with zero attached hydrogens (tertiary/aromatic N) is 1. The van der Waals surface area contributed by atoms with Gasteiger partial charge in [0.15, 0.2) is 0 Å². The van der Waals surface area contributed by atoms with Crippen molar-refractivity contribution in [1.82, 2.24) is 10.2 Å². The molecule has 1 aliphatic rings. The predicted octanol–water partition coefficient (Wildman–Crippen LogP) is 2.12. The Hall–Kier alpha value is -0.570. The molecule has 17 heavy (non-hydrogen) atoms. The summed E-state index contributed by atoms with van der Waals surface area (Å²) in [5, 5.41) is 3.26. The molecular formula is C14H28N2O. The van der Waals surface area contributed by atoms with E-state index in [1.54, 1.807) is 0 Å². The van der Waals surface area contributed by atoms with E-state index >= 15 is 0 Å². The van der Waals surface area contributed by atoms with Crippen LogP contribution >= 0.6 is 0 Å². The van der Waals surface area contributed by atoms with Crippen LogP contribution in [0.5, 0.6) is 0 Å². The Morgan fingerprint density at radius 1 is 1.29 bits per heavy atom. The maximum Gasteiger partial charge on any atom is 0.239 e. The van der Waals surface area contributed by atoms with Crippen molar-refractivity contribution in [2.45, 2.75) is 47.1 Å². The van der Waals surface area contributed by atoms with Gasteiger partial charge in [-0.2, -0.15) is 0 Å². The van der Waals surface area contributed by atoms with Gasteiger partial charge in [0, 0.05) is 13.1 Å². The van der Waals surface area contributed by atoms with Gasteiger partial charge in [-0.15, -0.1) is 0 Å². The lowest BCUT2D eigenvalue weighted by Crippen LogP contribution is -2.41. The van der Waals surface area contributed by atoms with E-state index < -0.39 is 0 Å². The zero-order chi connectivity index (χ0) is 13.0. The summed E-state index contributed by atoms with van der Waals surface area (Å²) in [6.45, 7) is 13.8. The van der Waals surface area contributed by atoms with Crippen LogP contribution in [0.15, 0.2) is 0 Å². The molecule has 1 amide bonds. The van der Waals surface area contributed by atoms with Crippen LogP contribution in [0.1, 0.15) is 41.0 Å². The van der Waals surface area contributed by atoms with Gasteiger partial charge in [-0.05, 0) is 30.7 Å². The smallest absolute Gasteiger partial charge is 0.239 e. The molecule has 1 atom stereocenters. The second-order valence-electron chi connectivity index (χ2n) is 5.84. The highest BCUT2D eigenvalue weighted by atomic mass is 16.2. The number of amides is 1. The summed E-state index contributed by atoms with van der Waals surface area (Å²) in [4.78, 5) is 14.2. The Kier molecular flexibility index (Phi) is 5.44. The maximum atomic E-state index is 12.1. The summed E-state index contributed by atoms with van der Waals surface area (Å²) in [6, 6.07) is 0.0694. The summed E-state index contributed by atoms with van der Waals surface area (Å²) in [7, 11) is 0. The molecule has 1 fully saturated rings. The van der Waals surface area contributed by atoms with Crippen LogP contribution in [0.3, 0.4) is 0 Å². The van der Waals surface area contributed by atoms with Crippen LogP contribution in [0.25, 0.3) is 0 Å². The summed E-state index contributed by atoms with van der Waals surface area (Å²) in [5.74, 6) is 2.19. The van der Waals surface area contributed by atoms with Crippen LogP contribution in [-0.4, -0.2) is 36.5 Å². The van der Waals surface area contributed by atoms with E-state index in [1.807, 2.05) is 0 Å². The number of likely N-dealkylation sites (tertiary alicyclic amines) is 1. The van der Waals surface area contributed by atoms with Crippen molar-refractivity contribution in [1.29, 1.82) is 0 Å². The number of carbonyl (C=O) groups is 1. The molecule has 0 aromatic rings. The molecular weight excluding hydrogens is 212 g/mol. The Morgan fingerprint density at radius 2 is 1.88 bits per heavy atom. The fourth-order valence-corrected chi connectivity index (χ4v) is 2.80. The molecule has 1 heterocycles. The summed E-state index contributed by atoms with van der Waals surface area (Å²) in [6.07, 6.45) is 0.968. The molecule has 1 unspecified atom stereocenters. The van der Waals surface area contributed by atoms with Crippen molar-refractivity contribution in [3.63, 3.8) is 0 Å². The van der Waals surface area contributed by atoms with Crippen LogP contribution in [0, 0.1) is 17.8 Å². The molecule has 1 N–H and O–H groups in total. The molecule has 0 saturated carbocycles. The van der Waals surface area contributed by atoms with Gasteiger partial charge < -0.3 is 10.2 Å². The average Bonchev–Trinajstić information content (AvgIpc) is 2.57. The molecule has 0 spiro atoms. The van der Waals surface area contributed by atoms with E-state index in [-0.39, 0.29) is 6.04 Å². The minimum Gasteiger partial charge on any atom is -0.341 e. The summed E-state index contributed by atoms with van der Waals surface area (Å²) >= 11 is 0. The molecule has 0 aliphatic carbocycles. The van der Waals surface area contributed by atoms with E-state index in [0.29, 0.717) is 23.7 Å². The second kappa shape index (κ2) is 6.39. The quantitative estimate of drug-likeness (QED) is 0.771. The zero-order valence-corrected chi connectivity index (χ0v) is 12.0. The molecule has 1 saturated heterocycles. The Morgan fingerprint density at radius 3 is 2.35 bits per heavy atom. The van der Waals surface area contributed by atoms with Crippen molar-refractivity contribution < 1.29 is 4.79 Å². The van der Waals surface area contributed by atoms with Gasteiger partial charge in [0.1, 0.15) is 0 Å². The maximum absolute atomic E-state index is 12.1. The fourth-order valence-electron chi connectivity index (χ4n) is 2.80. The van der Waals surface area contributed by atoms with E-state index in [0.717, 1.165) is 26.1 Å². The lowest BCUT2D eigenvalue weighted by molar-refractivity contribution is -0.130. The number of hydrogen-bond acceptors (Lipinski definition) is 2. The second-order valence-corrected chi connectivity index (χ2v) is 5.84. The van der Waals surface area contributed by atoms with Gasteiger partial charge in [-0.25, -0.2) is 0 Å². The third-order valence-electron chi connectivity index (χ3n) is 3.89. The number of carbonyl (C=O) groups excluding carboxylic acids is 1. The Balaban J connectivity index is 2.55. The Bertz CT molecular complexity index is 243. The standard InChI is InChI=1S/C14H28N2O/c1-6-15-13-7-8-16(14(13)17)9-12(10(2)3)11(4)5/h10-13,15H,6-9H2,1-5H3. The van der Waals surface area contributed by atoms with E-state index in [1.165, 1.54) is 0 Å². The molecule has 3 nitrogen and oxygen atoms in total. The van der Waals surface area contributed by atoms with Gasteiger partial charge in [0.2, 0.25) is 5.91 Å². The molecule has 0 aromatic heterocycles. The first-order valence-corrected chi connectivity index (χ1v) is 6.99. The highest BCUT2D eigenvalue weighted by Crippen LogP contribution is 2.24. The number of rotatable bonds is 6. The van der Waals surface area contributed by atoms with E-state index in [4.69, 9.17) is 0 Å². The van der Waals surface area contributed by atoms with Crippen LogP contribution in [0.4, 0.5) is 0 Å². The molecule has 1 aliphatic heterocycles. The largest absolute Gasteiger partial charge is 0.341 e. The average molecular weight is 240 g/mol. The first-order chi connectivity index (χ1) is 7.97. The Labute approximate surface area is 106 Å². The highest BCUT2D eigenvalue weighted by molar-refractivity contribution is 5.83. The molecule has 1 rings (SSSR count). The van der Waals surface area contributed by atoms with Gasteiger partial charge in [-0.1, -0.05) is 34.6 Å². The first-order valence-electron chi connectivity index (χ1n) is 6.99. The third-order valence-corrected chi connectivity index (χ3v) is 3.89. The number of hydrogen-bond donors (Lipinski definition) is 1. The lowest BCUT2D eigenvalue weighted by atomic mass is 9.85. The monoisotopic (exact) mass is 240 g/mol. The fraction of sp³-hybridized carbons (Fsp3) is 0.929. The van der Waals surface area contributed by atoms with Gasteiger partial charge >= 0.3 is 0 Å². The molecule has 100 valence electrons. The van der Waals surface area contributed by atoms with Crippen molar-refractivity contribution >= 4 is 5.91 Å². The van der Waals surface area contributed by atoms with Crippen molar-refractivity contribution in [3.8, 4) is 0 Å². The highest BCUT2D eigenvalue weighted by Gasteiger charge is 2.33. The van der Waals surface area contributed by atoms with Crippen LogP contribution < -0.4 is 5.32 Å². The van der Waals surface area contributed by atoms with Gasteiger partial charge in [0.05, 0.1) is 6.04 Å². The topological polar surface area (TPSA) is 32.3 Å². The third kappa shape index (κ3) is 3.70. The van der Waals surface area contributed by atoms with Crippen molar-refractivity contribution in [3.05, 3.63) is 0 Å². The van der Waals surface area contributed by atoms with Crippen LogP contribution in [-0.2, 0) is 4.79 Å². The lowest BCUT2D eigenvalue weighted by Gasteiger charge is -2.29. The summed E-state index contributed by atoms with van der Waals surface area (Å²) < 4.78 is 0. The van der Waals surface area contributed by atoms with Crippen molar-refractivity contribution in [2.24, 2.45) is 17.8 Å². The molecule has 3 heteroatoms. The van der Waals surface area contributed by atoms with Gasteiger partial charge in [0.25, 0.3) is 0 Å². The van der Waals surface area contributed by atoms with E-state index in [2.05, 4.69) is 44.8 Å². The first kappa shape index (κ1) is 14.5. The van der Waals surface area contributed by atoms with Gasteiger partial charge in [-0.3, -0.25) is 4.79 Å². The minimum absolute atomic E-state index is 0.0694. The molecule has 0 aromatic carbocycles. The SMILES string of the molecule is CCNC1CCN(CC(C(C)C)C(C)C)C1=O. The molecule has 0 radical (unpaired) electrons. The predicted molar refractivity (Wildman–Crippen MR) is 71.8 cm³/mol. The van der Waals surface area contributed by atoms with Crippen molar-refractivity contribution in [2.75, 3.05) is 19.6 Å². The van der Waals surface area contributed by atoms with Crippen LogP contribution in [0.2, 0.25) is 0 Å². The number of likely N-dealkylation sites (N-methyl/N-ethyl adjacent to an activating group) is 1. The normalized spacial score (nSPS) is 21.3. The number of nitrogens with one attached hydrogen (secondary N) is 1. The molecule has 0 bridgehead atoms. The zero-order valence-electron chi connectivity index (χ0n) is 12.0. The summed E-state index contributed by atoms with van der Waals surface area (Å²) in [5.41, 5.74) is 0. The minimum atomic E-state index is 0.0694.